The highest BCUT2D eigenvalue weighted by Gasteiger charge is 2.21. The largest absolute Gasteiger partial charge is 0.381 e. The van der Waals surface area contributed by atoms with Crippen LogP contribution in [0.5, 0.6) is 0 Å². The van der Waals surface area contributed by atoms with Gasteiger partial charge >= 0.3 is 5.69 Å². The van der Waals surface area contributed by atoms with Crippen LogP contribution in [0.2, 0.25) is 0 Å². The van der Waals surface area contributed by atoms with Crippen molar-refractivity contribution in [3.63, 3.8) is 0 Å². The minimum atomic E-state index is -0.935. The van der Waals surface area contributed by atoms with Gasteiger partial charge in [-0.15, -0.1) is 0 Å². The van der Waals surface area contributed by atoms with Crippen molar-refractivity contribution in [3.8, 4) is 0 Å². The molecule has 0 aliphatic carbocycles. The van der Waals surface area contributed by atoms with Crippen LogP contribution in [-0.2, 0) is 4.74 Å². The van der Waals surface area contributed by atoms with Crippen LogP contribution in [0.1, 0.15) is 28.8 Å². The quantitative estimate of drug-likeness (QED) is 0.682. The molecule has 1 heterocycles. The first kappa shape index (κ1) is 15.4. The summed E-state index contributed by atoms with van der Waals surface area (Å²) in [7, 11) is 0. The van der Waals surface area contributed by atoms with Gasteiger partial charge in [0.2, 0.25) is 5.82 Å². The fourth-order valence-electron chi connectivity index (χ4n) is 2.35. The maximum Gasteiger partial charge on any atom is 0.305 e. The van der Waals surface area contributed by atoms with Crippen LogP contribution in [0.15, 0.2) is 12.1 Å². The third-order valence-corrected chi connectivity index (χ3v) is 3.54. The van der Waals surface area contributed by atoms with Crippen LogP contribution >= 0.6 is 0 Å². The second kappa shape index (κ2) is 6.62. The Morgan fingerprint density at radius 2 is 2.33 bits per heavy atom. The molecule has 0 spiro atoms. The maximum atomic E-state index is 13.4. The summed E-state index contributed by atoms with van der Waals surface area (Å²) in [6, 6.07) is 1.99. The van der Waals surface area contributed by atoms with Gasteiger partial charge in [-0.05, 0) is 37.3 Å². The third kappa shape index (κ3) is 3.75. The summed E-state index contributed by atoms with van der Waals surface area (Å²) in [6.45, 7) is 3.34. The maximum absolute atomic E-state index is 13.4. The molecule has 0 bridgehead atoms. The van der Waals surface area contributed by atoms with Crippen molar-refractivity contribution < 1.29 is 18.8 Å². The Hall–Kier alpha value is -2.02. The molecule has 0 radical (unpaired) electrons. The van der Waals surface area contributed by atoms with Crippen LogP contribution in [0, 0.1) is 28.8 Å². The Kier molecular flexibility index (Phi) is 4.85. The van der Waals surface area contributed by atoms with Crippen LogP contribution in [-0.4, -0.2) is 30.6 Å². The lowest BCUT2D eigenvalue weighted by Crippen LogP contribution is -2.33. The molecular weight excluding hydrogens is 279 g/mol. The average Bonchev–Trinajstić information content (AvgIpc) is 2.45. The van der Waals surface area contributed by atoms with Gasteiger partial charge < -0.3 is 10.1 Å². The molecule has 1 atom stereocenters. The molecular formula is C14H17FN2O4. The third-order valence-electron chi connectivity index (χ3n) is 3.54. The molecule has 1 fully saturated rings. The molecule has 1 unspecified atom stereocenters. The fraction of sp³-hybridized carbons (Fsp3) is 0.500. The Morgan fingerprint density at radius 3 is 2.95 bits per heavy atom. The topological polar surface area (TPSA) is 81.5 Å². The lowest BCUT2D eigenvalue weighted by Gasteiger charge is -2.22. The number of nitrogens with one attached hydrogen (secondary N) is 1. The number of ether oxygens (including phenoxy) is 1. The number of rotatable bonds is 4. The predicted octanol–water partition coefficient (Wildman–Crippen LogP) is 2.20. The van der Waals surface area contributed by atoms with Gasteiger partial charge in [0.25, 0.3) is 5.91 Å². The van der Waals surface area contributed by atoms with Crippen molar-refractivity contribution in [2.24, 2.45) is 5.92 Å². The van der Waals surface area contributed by atoms with Crippen molar-refractivity contribution in [1.29, 1.82) is 0 Å². The van der Waals surface area contributed by atoms with Gasteiger partial charge in [-0.2, -0.15) is 4.39 Å². The van der Waals surface area contributed by atoms with E-state index >= 15 is 0 Å². The van der Waals surface area contributed by atoms with Gasteiger partial charge in [-0.25, -0.2) is 0 Å². The highest BCUT2D eigenvalue weighted by Crippen LogP contribution is 2.22. The van der Waals surface area contributed by atoms with Crippen LogP contribution in [0.25, 0.3) is 0 Å². The molecule has 1 amide bonds. The number of carbonyl (C=O) groups is 1. The van der Waals surface area contributed by atoms with Crippen LogP contribution < -0.4 is 5.32 Å². The first-order chi connectivity index (χ1) is 9.99. The molecule has 21 heavy (non-hydrogen) atoms. The first-order valence-corrected chi connectivity index (χ1v) is 6.79. The lowest BCUT2D eigenvalue weighted by molar-refractivity contribution is -0.387. The van der Waals surface area contributed by atoms with Crippen molar-refractivity contribution in [2.75, 3.05) is 19.8 Å². The molecule has 6 nitrogen and oxygen atoms in total. The van der Waals surface area contributed by atoms with Crippen LogP contribution in [0.4, 0.5) is 10.1 Å². The number of hydrogen-bond acceptors (Lipinski definition) is 4. The molecule has 1 aromatic carbocycles. The molecule has 1 saturated heterocycles. The van der Waals surface area contributed by atoms with Crippen LogP contribution in [0.3, 0.4) is 0 Å². The normalized spacial score (nSPS) is 18.3. The van der Waals surface area contributed by atoms with E-state index in [1.807, 2.05) is 0 Å². The number of halogens is 1. The Balaban J connectivity index is 2.07. The number of nitro groups is 1. The van der Waals surface area contributed by atoms with E-state index in [1.54, 1.807) is 6.92 Å². The number of nitro benzene ring substituents is 1. The highest BCUT2D eigenvalue weighted by molar-refractivity contribution is 5.96. The van der Waals surface area contributed by atoms with E-state index in [0.717, 1.165) is 31.6 Å². The number of nitrogens with zero attached hydrogens (tertiary/aromatic N) is 1. The molecule has 0 aromatic heterocycles. The number of hydrogen-bond donors (Lipinski definition) is 1. The average molecular weight is 296 g/mol. The summed E-state index contributed by atoms with van der Waals surface area (Å²) in [5.41, 5.74) is -0.193. The first-order valence-electron chi connectivity index (χ1n) is 6.79. The second-order valence-electron chi connectivity index (χ2n) is 5.17. The Labute approximate surface area is 121 Å². The summed E-state index contributed by atoms with van der Waals surface area (Å²) in [5, 5.41) is 13.5. The predicted molar refractivity (Wildman–Crippen MR) is 73.7 cm³/mol. The number of amides is 1. The monoisotopic (exact) mass is 296 g/mol. The zero-order valence-electron chi connectivity index (χ0n) is 11.7. The summed E-state index contributed by atoms with van der Waals surface area (Å²) >= 11 is 0. The smallest absolute Gasteiger partial charge is 0.305 e. The summed E-state index contributed by atoms with van der Waals surface area (Å²) < 4.78 is 18.8. The minimum absolute atomic E-state index is 0.125. The van der Waals surface area contributed by atoms with E-state index in [2.05, 4.69) is 5.32 Å². The highest BCUT2D eigenvalue weighted by atomic mass is 19.1. The van der Waals surface area contributed by atoms with Gasteiger partial charge in [0.15, 0.2) is 0 Å². The fourth-order valence-corrected chi connectivity index (χ4v) is 2.35. The zero-order valence-corrected chi connectivity index (χ0v) is 11.7. The van der Waals surface area contributed by atoms with Crippen molar-refractivity contribution in [3.05, 3.63) is 39.2 Å². The standard InChI is InChI=1S/C14H17FN2O4/c1-9-5-12(15)13(17(19)20)6-11(9)14(18)16-7-10-3-2-4-21-8-10/h5-6,10H,2-4,7-8H2,1H3,(H,16,18). The minimum Gasteiger partial charge on any atom is -0.381 e. The van der Waals surface area contributed by atoms with Gasteiger partial charge in [0, 0.05) is 24.8 Å². The van der Waals surface area contributed by atoms with E-state index in [4.69, 9.17) is 4.74 Å². The van der Waals surface area contributed by atoms with E-state index in [-0.39, 0.29) is 11.5 Å². The molecule has 1 aliphatic rings. The summed E-state index contributed by atoms with van der Waals surface area (Å²) in [4.78, 5) is 22.0. The van der Waals surface area contributed by atoms with Crippen molar-refractivity contribution in [1.82, 2.24) is 5.32 Å². The van der Waals surface area contributed by atoms with Gasteiger partial charge in [0.05, 0.1) is 11.5 Å². The lowest BCUT2D eigenvalue weighted by atomic mass is 10.0. The molecule has 0 saturated carbocycles. The second-order valence-corrected chi connectivity index (χ2v) is 5.17. The molecule has 1 aliphatic heterocycles. The Morgan fingerprint density at radius 1 is 1.57 bits per heavy atom. The molecule has 1 N–H and O–H groups in total. The molecule has 7 heteroatoms. The summed E-state index contributed by atoms with van der Waals surface area (Å²) in [6.07, 6.45) is 1.93. The van der Waals surface area contributed by atoms with E-state index < -0.39 is 22.3 Å². The zero-order chi connectivity index (χ0) is 15.4. The summed E-state index contributed by atoms with van der Waals surface area (Å²) in [5.74, 6) is -1.12. The van der Waals surface area contributed by atoms with Crippen molar-refractivity contribution in [2.45, 2.75) is 19.8 Å². The SMILES string of the molecule is Cc1cc(F)c([N+](=O)[O-])cc1C(=O)NCC1CCCOC1. The molecule has 114 valence electrons. The number of aryl methyl sites for hydroxylation is 1. The van der Waals surface area contributed by atoms with Gasteiger partial charge in [-0.1, -0.05) is 0 Å². The van der Waals surface area contributed by atoms with Gasteiger partial charge in [0.1, 0.15) is 0 Å². The van der Waals surface area contributed by atoms with E-state index in [0.29, 0.717) is 18.7 Å². The molecule has 1 aromatic rings. The van der Waals surface area contributed by atoms with Crippen molar-refractivity contribution >= 4 is 11.6 Å². The molecule has 2 rings (SSSR count). The Bertz CT molecular complexity index is 556. The van der Waals surface area contributed by atoms with E-state index in [9.17, 15) is 19.3 Å². The number of benzene rings is 1. The van der Waals surface area contributed by atoms with Gasteiger partial charge in [-0.3, -0.25) is 14.9 Å². The van der Waals surface area contributed by atoms with E-state index in [1.165, 1.54) is 0 Å². The number of carbonyl (C=O) groups excluding carboxylic acids is 1.